The van der Waals surface area contributed by atoms with Crippen LogP contribution in [-0.4, -0.2) is 29.7 Å². The quantitative estimate of drug-likeness (QED) is 0.712. The second-order valence-electron chi connectivity index (χ2n) is 7.03. The number of phenolic OH excluding ortho intramolecular Hbond substituents is 1. The number of nitrogens with one attached hydrogen (secondary N) is 1. The third kappa shape index (κ3) is 4.43. The van der Waals surface area contributed by atoms with E-state index in [4.69, 9.17) is 14.2 Å². The van der Waals surface area contributed by atoms with Crippen molar-refractivity contribution in [2.24, 2.45) is 5.41 Å². The van der Waals surface area contributed by atoms with E-state index in [2.05, 4.69) is 5.32 Å². The van der Waals surface area contributed by atoms with Crippen molar-refractivity contribution in [3.05, 3.63) is 48.0 Å². The number of aromatic hydroxyl groups is 1. The molecule has 1 aliphatic rings. The Hall–Kier alpha value is -2.93. The van der Waals surface area contributed by atoms with Crippen LogP contribution in [0, 0.1) is 5.41 Å². The van der Waals surface area contributed by atoms with Crippen LogP contribution in [-0.2, 0) is 4.74 Å². The lowest BCUT2D eigenvalue weighted by atomic mass is 9.80. The van der Waals surface area contributed by atoms with Crippen molar-refractivity contribution >= 4 is 11.8 Å². The first kappa shape index (κ1) is 18.8. The fourth-order valence-corrected chi connectivity index (χ4v) is 2.98. The molecule has 2 aromatic carbocycles. The summed E-state index contributed by atoms with van der Waals surface area (Å²) in [5.74, 6) is 1.31. The number of carbonyl (C=O) groups is 1. The molecule has 1 amide bonds. The SMILES string of the molecule is CC(C)(CCO)[C@@H](OC(=O)Nc1ccc2c(c1)OCO2)c1ccc(O)cc1. The van der Waals surface area contributed by atoms with E-state index in [9.17, 15) is 15.0 Å². The first-order valence-corrected chi connectivity index (χ1v) is 8.66. The van der Waals surface area contributed by atoms with E-state index in [0.29, 0.717) is 23.6 Å². The minimum atomic E-state index is -0.627. The number of aliphatic hydroxyl groups excluding tert-OH is 1. The van der Waals surface area contributed by atoms with E-state index in [1.807, 2.05) is 13.8 Å². The monoisotopic (exact) mass is 373 g/mol. The van der Waals surface area contributed by atoms with Crippen LogP contribution in [0.3, 0.4) is 0 Å². The average molecular weight is 373 g/mol. The molecule has 0 unspecified atom stereocenters. The van der Waals surface area contributed by atoms with Gasteiger partial charge in [0.2, 0.25) is 6.79 Å². The molecule has 0 saturated heterocycles. The molecule has 7 heteroatoms. The van der Waals surface area contributed by atoms with Crippen LogP contribution in [0.15, 0.2) is 42.5 Å². The van der Waals surface area contributed by atoms with Crippen molar-refractivity contribution in [3.8, 4) is 17.2 Å². The highest BCUT2D eigenvalue weighted by Crippen LogP contribution is 2.40. The van der Waals surface area contributed by atoms with Gasteiger partial charge < -0.3 is 24.4 Å². The molecule has 1 heterocycles. The lowest BCUT2D eigenvalue weighted by Crippen LogP contribution is -2.29. The van der Waals surface area contributed by atoms with Gasteiger partial charge in [-0.05, 0) is 36.2 Å². The van der Waals surface area contributed by atoms with Crippen molar-refractivity contribution in [2.45, 2.75) is 26.4 Å². The third-order valence-electron chi connectivity index (χ3n) is 4.51. The van der Waals surface area contributed by atoms with Crippen LogP contribution in [0.4, 0.5) is 10.5 Å². The number of aliphatic hydroxyl groups is 1. The van der Waals surface area contributed by atoms with Crippen LogP contribution in [0.25, 0.3) is 0 Å². The molecule has 1 aliphatic heterocycles. The molecule has 0 radical (unpaired) electrons. The fourth-order valence-electron chi connectivity index (χ4n) is 2.98. The predicted molar refractivity (Wildman–Crippen MR) is 99.0 cm³/mol. The number of hydrogen-bond acceptors (Lipinski definition) is 6. The van der Waals surface area contributed by atoms with Crippen LogP contribution in [0.1, 0.15) is 31.9 Å². The van der Waals surface area contributed by atoms with E-state index >= 15 is 0 Å². The Morgan fingerprint density at radius 2 is 1.89 bits per heavy atom. The Balaban J connectivity index is 1.76. The van der Waals surface area contributed by atoms with Crippen molar-refractivity contribution in [3.63, 3.8) is 0 Å². The highest BCUT2D eigenvalue weighted by Gasteiger charge is 2.34. The van der Waals surface area contributed by atoms with Crippen LogP contribution < -0.4 is 14.8 Å². The Morgan fingerprint density at radius 1 is 1.19 bits per heavy atom. The topological polar surface area (TPSA) is 97.3 Å². The summed E-state index contributed by atoms with van der Waals surface area (Å²) in [5, 5.41) is 21.6. The first-order chi connectivity index (χ1) is 12.9. The van der Waals surface area contributed by atoms with Gasteiger partial charge in [-0.15, -0.1) is 0 Å². The lowest BCUT2D eigenvalue weighted by Gasteiger charge is -2.33. The molecule has 144 valence electrons. The number of phenols is 1. The summed E-state index contributed by atoms with van der Waals surface area (Å²) in [5.41, 5.74) is 0.735. The van der Waals surface area contributed by atoms with Crippen LogP contribution >= 0.6 is 0 Å². The Labute approximate surface area is 157 Å². The largest absolute Gasteiger partial charge is 0.508 e. The van der Waals surface area contributed by atoms with Gasteiger partial charge in [0.05, 0.1) is 0 Å². The summed E-state index contributed by atoms with van der Waals surface area (Å²) in [6.07, 6.45) is -0.798. The van der Waals surface area contributed by atoms with E-state index in [1.165, 1.54) is 12.1 Å². The van der Waals surface area contributed by atoms with Crippen molar-refractivity contribution in [1.29, 1.82) is 0 Å². The third-order valence-corrected chi connectivity index (χ3v) is 4.51. The number of amides is 1. The Kier molecular flexibility index (Phi) is 5.41. The molecule has 7 nitrogen and oxygen atoms in total. The predicted octanol–water partition coefficient (Wildman–Crippen LogP) is 3.82. The molecule has 3 rings (SSSR count). The standard InChI is InChI=1S/C20H23NO6/c1-20(2,9-10-22)18(13-3-6-15(23)7-4-13)27-19(24)21-14-5-8-16-17(11-14)26-12-25-16/h3-8,11,18,22-23H,9-10,12H2,1-2H3,(H,21,24)/t18-/m0/s1. The summed E-state index contributed by atoms with van der Waals surface area (Å²) in [6.45, 7) is 3.94. The number of benzene rings is 2. The van der Waals surface area contributed by atoms with E-state index < -0.39 is 17.6 Å². The highest BCUT2D eigenvalue weighted by atomic mass is 16.7. The Morgan fingerprint density at radius 3 is 2.59 bits per heavy atom. The molecule has 27 heavy (non-hydrogen) atoms. The maximum atomic E-state index is 12.5. The molecule has 0 bridgehead atoms. The van der Waals surface area contributed by atoms with E-state index in [1.54, 1.807) is 30.3 Å². The highest BCUT2D eigenvalue weighted by molar-refractivity contribution is 5.85. The minimum Gasteiger partial charge on any atom is -0.508 e. The van der Waals surface area contributed by atoms with E-state index in [-0.39, 0.29) is 19.1 Å². The molecular weight excluding hydrogens is 350 g/mol. The summed E-state index contributed by atoms with van der Waals surface area (Å²) < 4.78 is 16.3. The maximum absolute atomic E-state index is 12.5. The molecule has 0 saturated carbocycles. The van der Waals surface area contributed by atoms with Gasteiger partial charge >= 0.3 is 6.09 Å². The summed E-state index contributed by atoms with van der Waals surface area (Å²) >= 11 is 0. The first-order valence-electron chi connectivity index (χ1n) is 8.66. The van der Waals surface area contributed by atoms with Gasteiger partial charge in [-0.25, -0.2) is 4.79 Å². The number of fused-ring (bicyclic) bond motifs is 1. The van der Waals surface area contributed by atoms with Gasteiger partial charge in [-0.1, -0.05) is 26.0 Å². The molecule has 0 aromatic heterocycles. The van der Waals surface area contributed by atoms with Gasteiger partial charge in [0.15, 0.2) is 11.5 Å². The normalized spacial score (nSPS) is 13.9. The zero-order valence-corrected chi connectivity index (χ0v) is 15.3. The molecule has 0 fully saturated rings. The van der Waals surface area contributed by atoms with Crippen LogP contribution in [0.2, 0.25) is 0 Å². The summed E-state index contributed by atoms with van der Waals surface area (Å²) in [4.78, 5) is 12.5. The van der Waals surface area contributed by atoms with Gasteiger partial charge in [0.1, 0.15) is 11.9 Å². The number of ether oxygens (including phenoxy) is 3. The number of anilines is 1. The van der Waals surface area contributed by atoms with Gasteiger partial charge in [-0.3, -0.25) is 5.32 Å². The van der Waals surface area contributed by atoms with E-state index in [0.717, 1.165) is 5.56 Å². The molecule has 0 spiro atoms. The van der Waals surface area contributed by atoms with Crippen molar-refractivity contribution < 1.29 is 29.2 Å². The second-order valence-corrected chi connectivity index (χ2v) is 7.03. The number of rotatable bonds is 6. The second kappa shape index (κ2) is 7.75. The minimum absolute atomic E-state index is 0.0330. The zero-order valence-electron chi connectivity index (χ0n) is 15.3. The van der Waals surface area contributed by atoms with Crippen molar-refractivity contribution in [1.82, 2.24) is 0 Å². The molecular formula is C20H23NO6. The number of carbonyl (C=O) groups excluding carboxylic acids is 1. The zero-order chi connectivity index (χ0) is 19.4. The number of hydrogen-bond donors (Lipinski definition) is 3. The maximum Gasteiger partial charge on any atom is 0.412 e. The lowest BCUT2D eigenvalue weighted by molar-refractivity contribution is 0.0152. The van der Waals surface area contributed by atoms with Crippen LogP contribution in [0.5, 0.6) is 17.2 Å². The van der Waals surface area contributed by atoms with Gasteiger partial charge in [0, 0.05) is 23.8 Å². The molecule has 0 aliphatic carbocycles. The molecule has 2 aromatic rings. The summed E-state index contributed by atoms with van der Waals surface area (Å²) in [6, 6.07) is 11.6. The van der Waals surface area contributed by atoms with Gasteiger partial charge in [-0.2, -0.15) is 0 Å². The van der Waals surface area contributed by atoms with Gasteiger partial charge in [0.25, 0.3) is 0 Å². The average Bonchev–Trinajstić information content (AvgIpc) is 3.08. The smallest absolute Gasteiger partial charge is 0.412 e. The fraction of sp³-hybridized carbons (Fsp3) is 0.350. The van der Waals surface area contributed by atoms with Crippen molar-refractivity contribution in [2.75, 3.05) is 18.7 Å². The Bertz CT molecular complexity index is 803. The summed E-state index contributed by atoms with van der Waals surface area (Å²) in [7, 11) is 0. The molecule has 1 atom stereocenters. The molecule has 3 N–H and O–H groups in total.